The summed E-state index contributed by atoms with van der Waals surface area (Å²) in [6, 6.07) is 11.2. The van der Waals surface area contributed by atoms with Crippen molar-refractivity contribution in [1.29, 1.82) is 0 Å². The lowest BCUT2D eigenvalue weighted by Crippen LogP contribution is -2.51. The third-order valence-corrected chi connectivity index (χ3v) is 6.02. The third-order valence-electron chi connectivity index (χ3n) is 4.85. The molecule has 0 spiro atoms. The van der Waals surface area contributed by atoms with Gasteiger partial charge in [-0.1, -0.05) is 12.1 Å². The minimum absolute atomic E-state index is 0.0287. The van der Waals surface area contributed by atoms with Gasteiger partial charge in [-0.15, -0.1) is 11.3 Å². The van der Waals surface area contributed by atoms with Crippen LogP contribution < -0.4 is 0 Å². The van der Waals surface area contributed by atoms with Gasteiger partial charge in [-0.25, -0.2) is 4.98 Å². The summed E-state index contributed by atoms with van der Waals surface area (Å²) in [5.41, 5.74) is 2.25. The smallest absolute Gasteiger partial charge is 0.265 e. The predicted molar refractivity (Wildman–Crippen MR) is 111 cm³/mol. The van der Waals surface area contributed by atoms with Crippen molar-refractivity contribution in [3.63, 3.8) is 0 Å². The van der Waals surface area contributed by atoms with Crippen LogP contribution in [0.2, 0.25) is 0 Å². The van der Waals surface area contributed by atoms with Crippen LogP contribution >= 0.6 is 11.3 Å². The normalized spacial score (nSPS) is 14.1. The fourth-order valence-corrected chi connectivity index (χ4v) is 4.28. The van der Waals surface area contributed by atoms with Crippen LogP contribution in [0.5, 0.6) is 0 Å². The molecule has 0 unspecified atom stereocenters. The van der Waals surface area contributed by atoms with Gasteiger partial charge >= 0.3 is 0 Å². The van der Waals surface area contributed by atoms with Gasteiger partial charge in [0.1, 0.15) is 9.88 Å². The van der Waals surface area contributed by atoms with Crippen molar-refractivity contribution in [2.75, 3.05) is 26.2 Å². The van der Waals surface area contributed by atoms with Gasteiger partial charge in [0.2, 0.25) is 5.91 Å². The largest absolute Gasteiger partial charge is 0.339 e. The van der Waals surface area contributed by atoms with Crippen LogP contribution in [0.15, 0.2) is 48.8 Å². The van der Waals surface area contributed by atoms with Gasteiger partial charge in [0.15, 0.2) is 0 Å². The fourth-order valence-electron chi connectivity index (χ4n) is 3.27. The molecule has 2 amide bonds. The predicted octanol–water partition coefficient (Wildman–Crippen LogP) is 2.44. The van der Waals surface area contributed by atoms with Crippen LogP contribution in [0.3, 0.4) is 0 Å². The molecule has 148 valence electrons. The quantitative estimate of drug-likeness (QED) is 0.664. The maximum absolute atomic E-state index is 13.0. The summed E-state index contributed by atoms with van der Waals surface area (Å²) in [5.74, 6) is 0.0150. The Morgan fingerprint density at radius 3 is 2.31 bits per heavy atom. The van der Waals surface area contributed by atoms with Gasteiger partial charge in [-0.2, -0.15) is 0 Å². The van der Waals surface area contributed by atoms with Crippen molar-refractivity contribution in [2.24, 2.45) is 0 Å². The molecule has 4 rings (SSSR count). The number of amides is 2. The highest BCUT2D eigenvalue weighted by Crippen LogP contribution is 2.27. The molecule has 0 bridgehead atoms. The zero-order chi connectivity index (χ0) is 20.2. The number of hydrogen-bond acceptors (Lipinski definition) is 6. The minimum atomic E-state index is -0.0287. The molecule has 29 heavy (non-hydrogen) atoms. The fraction of sp³-hybridized carbons (Fsp3) is 0.286. The zero-order valence-electron chi connectivity index (χ0n) is 16.1. The molecule has 8 heteroatoms. The second kappa shape index (κ2) is 8.48. The van der Waals surface area contributed by atoms with E-state index in [1.165, 1.54) is 11.3 Å². The lowest BCUT2D eigenvalue weighted by Gasteiger charge is -2.34. The summed E-state index contributed by atoms with van der Waals surface area (Å²) in [4.78, 5) is 42.8. The molecule has 0 radical (unpaired) electrons. The molecule has 1 saturated heterocycles. The number of pyridine rings is 2. The number of piperazine rings is 1. The Kier molecular flexibility index (Phi) is 5.62. The molecule has 3 aromatic rings. The van der Waals surface area contributed by atoms with Crippen molar-refractivity contribution in [2.45, 2.75) is 13.3 Å². The van der Waals surface area contributed by atoms with E-state index in [1.54, 1.807) is 22.2 Å². The van der Waals surface area contributed by atoms with Gasteiger partial charge in [-0.3, -0.25) is 19.6 Å². The first-order chi connectivity index (χ1) is 14.1. The molecule has 0 aromatic carbocycles. The van der Waals surface area contributed by atoms with Gasteiger partial charge in [0.05, 0.1) is 17.8 Å². The van der Waals surface area contributed by atoms with E-state index < -0.39 is 0 Å². The number of carbonyl (C=O) groups excluding carboxylic acids is 2. The van der Waals surface area contributed by atoms with Crippen LogP contribution in [0.1, 0.15) is 21.1 Å². The van der Waals surface area contributed by atoms with E-state index in [-0.39, 0.29) is 18.2 Å². The Bertz CT molecular complexity index is 998. The summed E-state index contributed by atoms with van der Waals surface area (Å²) in [7, 11) is 0. The van der Waals surface area contributed by atoms with Gasteiger partial charge in [0, 0.05) is 44.3 Å². The first-order valence-corrected chi connectivity index (χ1v) is 10.3. The second-order valence-corrected chi connectivity index (χ2v) is 7.82. The molecule has 0 aliphatic carbocycles. The van der Waals surface area contributed by atoms with Crippen LogP contribution in [-0.2, 0) is 11.2 Å². The Morgan fingerprint density at radius 1 is 0.966 bits per heavy atom. The molecule has 0 atom stereocenters. The molecule has 7 nitrogen and oxygen atoms in total. The van der Waals surface area contributed by atoms with Gasteiger partial charge in [-0.05, 0) is 31.2 Å². The molecule has 3 aromatic heterocycles. The van der Waals surface area contributed by atoms with Crippen LogP contribution in [0.25, 0.3) is 10.7 Å². The van der Waals surface area contributed by atoms with Crippen molar-refractivity contribution >= 4 is 23.2 Å². The van der Waals surface area contributed by atoms with Gasteiger partial charge < -0.3 is 9.80 Å². The highest BCUT2D eigenvalue weighted by Gasteiger charge is 2.27. The Morgan fingerprint density at radius 2 is 1.66 bits per heavy atom. The lowest BCUT2D eigenvalue weighted by molar-refractivity contribution is -0.132. The highest BCUT2D eigenvalue weighted by atomic mass is 32.1. The average molecular weight is 407 g/mol. The van der Waals surface area contributed by atoms with Crippen LogP contribution in [0.4, 0.5) is 0 Å². The monoisotopic (exact) mass is 407 g/mol. The lowest BCUT2D eigenvalue weighted by atomic mass is 10.2. The number of carbonyl (C=O) groups is 2. The van der Waals surface area contributed by atoms with E-state index in [0.29, 0.717) is 36.8 Å². The maximum atomic E-state index is 13.0. The number of nitrogens with zero attached hydrogens (tertiary/aromatic N) is 5. The molecule has 4 heterocycles. The minimum Gasteiger partial charge on any atom is -0.339 e. The first-order valence-electron chi connectivity index (χ1n) is 9.47. The molecule has 1 fully saturated rings. The number of aromatic nitrogens is 3. The summed E-state index contributed by atoms with van der Waals surface area (Å²) in [5, 5.41) is 0.746. The molecular formula is C21H21N5O2S. The van der Waals surface area contributed by atoms with Crippen molar-refractivity contribution in [1.82, 2.24) is 24.8 Å². The number of thiazole rings is 1. The van der Waals surface area contributed by atoms with E-state index in [1.807, 2.05) is 43.3 Å². The molecule has 1 aliphatic rings. The molecule has 0 saturated carbocycles. The van der Waals surface area contributed by atoms with Crippen molar-refractivity contribution in [3.05, 3.63) is 65.1 Å². The van der Waals surface area contributed by atoms with Crippen molar-refractivity contribution in [3.8, 4) is 10.7 Å². The SMILES string of the molecule is Cc1nc(-c2ccccn2)sc1C(=O)N1CCN(C(=O)Cc2ccccn2)CC1. The number of hydrogen-bond donors (Lipinski definition) is 0. The topological polar surface area (TPSA) is 79.3 Å². The summed E-state index contributed by atoms with van der Waals surface area (Å²) in [6.07, 6.45) is 3.70. The number of aryl methyl sites for hydroxylation is 1. The van der Waals surface area contributed by atoms with E-state index in [0.717, 1.165) is 16.4 Å². The summed E-state index contributed by atoms with van der Waals surface area (Å²) >= 11 is 1.37. The third kappa shape index (κ3) is 4.32. The maximum Gasteiger partial charge on any atom is 0.265 e. The molecule has 1 aliphatic heterocycles. The highest BCUT2D eigenvalue weighted by molar-refractivity contribution is 7.17. The zero-order valence-corrected chi connectivity index (χ0v) is 16.9. The van der Waals surface area contributed by atoms with Crippen LogP contribution in [-0.4, -0.2) is 62.7 Å². The van der Waals surface area contributed by atoms with Gasteiger partial charge in [0.25, 0.3) is 5.91 Å². The number of rotatable bonds is 4. The first kappa shape index (κ1) is 19.2. The molecule has 0 N–H and O–H groups in total. The standard InChI is InChI=1S/C21H21N5O2S/c1-15-19(29-20(24-15)17-7-3-5-9-23-17)21(28)26-12-10-25(11-13-26)18(27)14-16-6-2-4-8-22-16/h2-9H,10-14H2,1H3. The average Bonchev–Trinajstić information content (AvgIpc) is 3.16. The Hall–Kier alpha value is -3.13. The second-order valence-electron chi connectivity index (χ2n) is 6.82. The Labute approximate surface area is 173 Å². The molecular weight excluding hydrogens is 386 g/mol. The summed E-state index contributed by atoms with van der Waals surface area (Å²) in [6.45, 7) is 3.94. The van der Waals surface area contributed by atoms with E-state index in [9.17, 15) is 9.59 Å². The summed E-state index contributed by atoms with van der Waals surface area (Å²) < 4.78 is 0. The Balaban J connectivity index is 1.38. The van der Waals surface area contributed by atoms with Crippen LogP contribution in [0, 0.1) is 6.92 Å². The van der Waals surface area contributed by atoms with E-state index in [2.05, 4.69) is 15.0 Å². The van der Waals surface area contributed by atoms with E-state index in [4.69, 9.17) is 0 Å². The van der Waals surface area contributed by atoms with Crippen molar-refractivity contribution < 1.29 is 9.59 Å². The van der Waals surface area contributed by atoms with E-state index >= 15 is 0 Å².